The van der Waals surface area contributed by atoms with Gasteiger partial charge in [0.15, 0.2) is 0 Å². The number of halogens is 1. The fourth-order valence-electron chi connectivity index (χ4n) is 2.68. The topological polar surface area (TPSA) is 119 Å². The minimum absolute atomic E-state index is 0.0128. The van der Waals surface area contributed by atoms with Crippen LogP contribution in [0.1, 0.15) is 6.42 Å². The first-order chi connectivity index (χ1) is 13.5. The number of amides is 2. The van der Waals surface area contributed by atoms with Crippen LogP contribution in [0.15, 0.2) is 29.4 Å². The van der Waals surface area contributed by atoms with Crippen LogP contribution in [0.3, 0.4) is 0 Å². The molecule has 1 N–H and O–H groups in total. The fourth-order valence-corrected chi connectivity index (χ4v) is 3.58. The maximum absolute atomic E-state index is 12.7. The number of benzene rings is 1. The van der Waals surface area contributed by atoms with E-state index in [2.05, 4.69) is 25.6 Å². The minimum Gasteiger partial charge on any atom is -0.469 e. The van der Waals surface area contributed by atoms with E-state index >= 15 is 0 Å². The van der Waals surface area contributed by atoms with Crippen LogP contribution in [0.25, 0.3) is 5.69 Å². The van der Waals surface area contributed by atoms with Gasteiger partial charge in [-0.15, -0.1) is 5.10 Å². The van der Waals surface area contributed by atoms with Gasteiger partial charge in [-0.2, -0.15) is 4.68 Å². The lowest BCUT2D eigenvalue weighted by atomic mass is 10.1. The monoisotopic (exact) mass is 424 g/mol. The number of esters is 1. The summed E-state index contributed by atoms with van der Waals surface area (Å²) in [6, 6.07) is 6.04. The molecule has 10 nitrogen and oxygen atoms in total. The summed E-state index contributed by atoms with van der Waals surface area (Å²) < 4.78 is 6.11. The summed E-state index contributed by atoms with van der Waals surface area (Å²) in [5, 5.41) is 15.2. The number of methoxy groups -OCH3 is 1. The van der Waals surface area contributed by atoms with Gasteiger partial charge in [0, 0.05) is 18.1 Å². The van der Waals surface area contributed by atoms with E-state index in [1.54, 1.807) is 24.3 Å². The molecule has 0 aliphatic carbocycles. The van der Waals surface area contributed by atoms with Crippen LogP contribution in [-0.2, 0) is 19.1 Å². The zero-order valence-electron chi connectivity index (χ0n) is 14.9. The molecule has 0 radical (unpaired) electrons. The van der Waals surface area contributed by atoms with Crippen LogP contribution < -0.4 is 5.32 Å². The van der Waals surface area contributed by atoms with Gasteiger partial charge in [0.1, 0.15) is 6.04 Å². The van der Waals surface area contributed by atoms with Gasteiger partial charge in [0.2, 0.25) is 17.0 Å². The first kappa shape index (κ1) is 20.1. The number of thioether (sulfide) groups is 1. The lowest BCUT2D eigenvalue weighted by Gasteiger charge is -2.34. The molecule has 1 aromatic carbocycles. The molecule has 148 valence electrons. The molecule has 0 bridgehead atoms. The molecule has 2 aromatic rings. The van der Waals surface area contributed by atoms with Gasteiger partial charge in [-0.1, -0.05) is 23.4 Å². The van der Waals surface area contributed by atoms with E-state index in [4.69, 9.17) is 11.6 Å². The average molecular weight is 425 g/mol. The molecule has 1 fully saturated rings. The van der Waals surface area contributed by atoms with Gasteiger partial charge in [0.25, 0.3) is 0 Å². The van der Waals surface area contributed by atoms with E-state index in [1.807, 2.05) is 0 Å². The van der Waals surface area contributed by atoms with Crippen molar-refractivity contribution in [2.75, 3.05) is 26.0 Å². The summed E-state index contributed by atoms with van der Waals surface area (Å²) in [6.07, 6.45) is -0.193. The average Bonchev–Trinajstić information content (AvgIpc) is 3.16. The van der Waals surface area contributed by atoms with Crippen molar-refractivity contribution in [3.63, 3.8) is 0 Å². The van der Waals surface area contributed by atoms with Crippen LogP contribution in [0.4, 0.5) is 0 Å². The highest BCUT2D eigenvalue weighted by molar-refractivity contribution is 7.99. The Labute approximate surface area is 169 Å². The van der Waals surface area contributed by atoms with Crippen LogP contribution in [0.2, 0.25) is 5.02 Å². The second-order valence-corrected chi connectivity index (χ2v) is 7.19. The van der Waals surface area contributed by atoms with Gasteiger partial charge in [-0.3, -0.25) is 14.4 Å². The molecule has 1 aliphatic heterocycles. The number of aromatic nitrogens is 4. The molecule has 12 heteroatoms. The molecule has 1 atom stereocenters. The van der Waals surface area contributed by atoms with Crippen molar-refractivity contribution in [3.05, 3.63) is 29.3 Å². The molecular formula is C16H17ClN6O4S. The van der Waals surface area contributed by atoms with Gasteiger partial charge >= 0.3 is 5.97 Å². The van der Waals surface area contributed by atoms with Crippen LogP contribution >= 0.6 is 23.4 Å². The predicted octanol–water partition coefficient (Wildman–Crippen LogP) is 0.298. The molecule has 2 heterocycles. The molecule has 0 saturated carbocycles. The van der Waals surface area contributed by atoms with Crippen LogP contribution in [0.5, 0.6) is 0 Å². The Balaban J connectivity index is 1.68. The van der Waals surface area contributed by atoms with Crippen molar-refractivity contribution in [3.8, 4) is 5.69 Å². The number of tetrazole rings is 1. The summed E-state index contributed by atoms with van der Waals surface area (Å²) >= 11 is 7.03. The second kappa shape index (κ2) is 9.02. The smallest absolute Gasteiger partial charge is 0.308 e. The number of rotatable bonds is 6. The maximum atomic E-state index is 12.7. The number of nitrogens with one attached hydrogen (secondary N) is 1. The Kier molecular flexibility index (Phi) is 6.47. The molecule has 0 unspecified atom stereocenters. The van der Waals surface area contributed by atoms with E-state index in [9.17, 15) is 14.4 Å². The summed E-state index contributed by atoms with van der Waals surface area (Å²) in [5.41, 5.74) is 0.699. The van der Waals surface area contributed by atoms with Gasteiger partial charge in [-0.25, -0.2) is 0 Å². The molecule has 1 aromatic heterocycles. The van der Waals surface area contributed by atoms with Gasteiger partial charge < -0.3 is 15.0 Å². The SMILES string of the molecule is COC(=O)C[C@@H]1C(=O)NCCN1C(=O)CSc1nnnn1-c1ccc(Cl)cc1. The molecule has 0 spiro atoms. The molecule has 3 rings (SSSR count). The Bertz CT molecular complexity index is 874. The van der Waals surface area contributed by atoms with Crippen molar-refractivity contribution in [1.82, 2.24) is 30.4 Å². The Hall–Kier alpha value is -2.66. The number of piperazine rings is 1. The van der Waals surface area contributed by atoms with E-state index in [1.165, 1.54) is 16.7 Å². The third kappa shape index (κ3) is 4.60. The fraction of sp³-hybridized carbons (Fsp3) is 0.375. The maximum Gasteiger partial charge on any atom is 0.308 e. The standard InChI is InChI=1S/C16H17ClN6O4S/c1-27-14(25)8-12-15(26)18-6-7-22(12)13(24)9-28-16-19-20-21-23(16)11-4-2-10(17)3-5-11/h2-5,12H,6-9H2,1H3,(H,18,26)/t12-/m1/s1. The quantitative estimate of drug-likeness (QED) is 0.519. The summed E-state index contributed by atoms with van der Waals surface area (Å²) in [5.74, 6) is -1.21. The van der Waals surface area contributed by atoms with E-state index in [-0.39, 0.29) is 24.0 Å². The largest absolute Gasteiger partial charge is 0.469 e. The number of carbonyl (C=O) groups excluding carboxylic acids is 3. The van der Waals surface area contributed by atoms with E-state index in [0.717, 1.165) is 11.8 Å². The Morgan fingerprint density at radius 2 is 2.11 bits per heavy atom. The Morgan fingerprint density at radius 3 is 2.82 bits per heavy atom. The van der Waals surface area contributed by atoms with Crippen molar-refractivity contribution in [1.29, 1.82) is 0 Å². The van der Waals surface area contributed by atoms with Crippen molar-refractivity contribution in [2.24, 2.45) is 0 Å². The van der Waals surface area contributed by atoms with Crippen LogP contribution in [-0.4, -0.2) is 74.9 Å². The molecule has 2 amide bonds. The highest BCUT2D eigenvalue weighted by Gasteiger charge is 2.35. The van der Waals surface area contributed by atoms with E-state index in [0.29, 0.717) is 29.0 Å². The first-order valence-corrected chi connectivity index (χ1v) is 9.67. The third-order valence-corrected chi connectivity index (χ3v) is 5.23. The predicted molar refractivity (Wildman–Crippen MR) is 100 cm³/mol. The normalized spacial score (nSPS) is 16.6. The van der Waals surface area contributed by atoms with Crippen molar-refractivity contribution in [2.45, 2.75) is 17.6 Å². The number of hydrogen-bond donors (Lipinski definition) is 1. The number of ether oxygens (including phenoxy) is 1. The van der Waals surface area contributed by atoms with E-state index < -0.39 is 12.0 Å². The minimum atomic E-state index is -0.887. The van der Waals surface area contributed by atoms with Crippen LogP contribution in [0, 0.1) is 0 Å². The number of hydrogen-bond acceptors (Lipinski definition) is 8. The summed E-state index contributed by atoms with van der Waals surface area (Å²) in [6.45, 7) is 0.643. The summed E-state index contributed by atoms with van der Waals surface area (Å²) in [7, 11) is 1.24. The lowest BCUT2D eigenvalue weighted by Crippen LogP contribution is -2.58. The summed E-state index contributed by atoms with van der Waals surface area (Å²) in [4.78, 5) is 37.7. The molecule has 28 heavy (non-hydrogen) atoms. The second-order valence-electron chi connectivity index (χ2n) is 5.81. The zero-order valence-corrected chi connectivity index (χ0v) is 16.4. The third-order valence-electron chi connectivity index (χ3n) is 4.08. The van der Waals surface area contributed by atoms with Gasteiger partial charge in [-0.05, 0) is 34.7 Å². The number of carbonyl (C=O) groups is 3. The van der Waals surface area contributed by atoms with Crippen molar-refractivity contribution < 1.29 is 19.1 Å². The van der Waals surface area contributed by atoms with Gasteiger partial charge in [0.05, 0.1) is 25.0 Å². The lowest BCUT2D eigenvalue weighted by molar-refractivity contribution is -0.149. The zero-order chi connectivity index (χ0) is 20.1. The Morgan fingerprint density at radius 1 is 1.36 bits per heavy atom. The number of nitrogens with zero attached hydrogens (tertiary/aromatic N) is 5. The van der Waals surface area contributed by atoms with Crippen molar-refractivity contribution >= 4 is 41.1 Å². The molecular weight excluding hydrogens is 408 g/mol. The molecule has 1 saturated heterocycles. The first-order valence-electron chi connectivity index (χ1n) is 8.30. The highest BCUT2D eigenvalue weighted by atomic mass is 35.5. The molecule has 1 aliphatic rings. The highest BCUT2D eigenvalue weighted by Crippen LogP contribution is 2.21.